The van der Waals surface area contributed by atoms with Gasteiger partial charge < -0.3 is 5.11 Å². The predicted molar refractivity (Wildman–Crippen MR) is 121 cm³/mol. The summed E-state index contributed by atoms with van der Waals surface area (Å²) in [4.78, 5) is 52.7. The van der Waals surface area contributed by atoms with Crippen LogP contribution in [0, 0.1) is 5.53 Å². The maximum Gasteiger partial charge on any atom is 0.347 e. The van der Waals surface area contributed by atoms with Crippen LogP contribution < -0.4 is 0 Å². The fourth-order valence-corrected chi connectivity index (χ4v) is 4.19. The second-order valence-corrected chi connectivity index (χ2v) is 8.37. The molecule has 2 aromatic rings. The van der Waals surface area contributed by atoms with Crippen molar-refractivity contribution in [2.75, 3.05) is 0 Å². The van der Waals surface area contributed by atoms with Crippen LogP contribution in [0.5, 0.6) is 0 Å². The molecule has 2 N–H and O–H groups in total. The third kappa shape index (κ3) is 4.52. The molecule has 10 nitrogen and oxygen atoms in total. The zero-order valence-electron chi connectivity index (χ0n) is 19.3. The largest absolute Gasteiger partial charge is 0.481 e. The highest BCUT2D eigenvalue weighted by Gasteiger charge is 2.58. The number of carbonyl (C=O) groups excluding carboxylic acids is 3. The molecular formula is C24H27N5O5. The van der Waals surface area contributed by atoms with Gasteiger partial charge in [0.1, 0.15) is 5.54 Å². The molecule has 0 unspecified atom stereocenters. The van der Waals surface area contributed by atoms with Crippen molar-refractivity contribution >= 4 is 23.8 Å². The number of rotatable bonds is 9. The molecule has 0 aromatic heterocycles. The van der Waals surface area contributed by atoms with Crippen LogP contribution in [0.2, 0.25) is 0 Å². The van der Waals surface area contributed by atoms with Crippen molar-refractivity contribution in [1.29, 1.82) is 5.53 Å². The van der Waals surface area contributed by atoms with Crippen molar-refractivity contribution in [2.24, 2.45) is 5.11 Å². The number of urea groups is 1. The van der Waals surface area contributed by atoms with E-state index in [1.165, 1.54) is 18.7 Å². The maximum absolute atomic E-state index is 13.9. The van der Waals surface area contributed by atoms with Crippen LogP contribution >= 0.6 is 0 Å². The van der Waals surface area contributed by atoms with Crippen LogP contribution in [-0.2, 0) is 33.0 Å². The van der Waals surface area contributed by atoms with Gasteiger partial charge in [-0.15, -0.1) is 0 Å². The number of amides is 4. The van der Waals surface area contributed by atoms with Gasteiger partial charge in [0.25, 0.3) is 5.91 Å². The maximum atomic E-state index is 13.9. The lowest BCUT2D eigenvalue weighted by Crippen LogP contribution is -2.54. The molecule has 4 amide bonds. The number of nitrogens with zero attached hydrogens (tertiary/aromatic N) is 4. The highest BCUT2D eigenvalue weighted by Crippen LogP contribution is 2.40. The van der Waals surface area contributed by atoms with Crippen LogP contribution in [0.4, 0.5) is 4.79 Å². The van der Waals surface area contributed by atoms with Gasteiger partial charge in [0.05, 0.1) is 19.0 Å². The van der Waals surface area contributed by atoms with E-state index in [0.717, 1.165) is 21.1 Å². The molecule has 0 radical (unpaired) electrons. The molecule has 0 saturated carbocycles. The van der Waals surface area contributed by atoms with Gasteiger partial charge in [0.15, 0.2) is 0 Å². The summed E-state index contributed by atoms with van der Waals surface area (Å²) in [5.74, 6) is -2.43. The molecular weight excluding hydrogens is 438 g/mol. The number of benzene rings is 2. The third-order valence-corrected chi connectivity index (χ3v) is 5.95. The highest BCUT2D eigenvalue weighted by atomic mass is 16.4. The van der Waals surface area contributed by atoms with E-state index in [4.69, 9.17) is 5.53 Å². The quantitative estimate of drug-likeness (QED) is 0.432. The first-order valence-electron chi connectivity index (χ1n) is 10.8. The molecule has 1 saturated heterocycles. The van der Waals surface area contributed by atoms with Gasteiger partial charge in [-0.05, 0) is 30.5 Å². The Hall–Kier alpha value is -4.08. The third-order valence-electron chi connectivity index (χ3n) is 5.95. The molecule has 1 aliphatic heterocycles. The summed E-state index contributed by atoms with van der Waals surface area (Å²) in [6, 6.07) is 14.4. The first-order chi connectivity index (χ1) is 16.1. The van der Waals surface area contributed by atoms with Gasteiger partial charge in [0, 0.05) is 13.5 Å². The van der Waals surface area contributed by atoms with Crippen LogP contribution in [0.15, 0.2) is 59.7 Å². The Kier molecular flexibility index (Phi) is 7.09. The number of hydrogen-bond acceptors (Lipinski definition) is 6. The van der Waals surface area contributed by atoms with E-state index in [0.29, 0.717) is 5.56 Å². The van der Waals surface area contributed by atoms with Crippen molar-refractivity contribution in [3.8, 4) is 0 Å². The molecule has 0 aliphatic carbocycles. The number of nitrogens with one attached hydrogen (secondary N) is 1. The van der Waals surface area contributed by atoms with E-state index in [1.54, 1.807) is 31.2 Å². The average Bonchev–Trinajstić information content (AvgIpc) is 2.97. The lowest BCUT2D eigenvalue weighted by molar-refractivity contribution is -0.161. The normalized spacial score (nSPS) is 18.7. The first kappa shape index (κ1) is 24.6. The van der Waals surface area contributed by atoms with E-state index < -0.39 is 41.8 Å². The number of hydrogen-bond donors (Lipinski definition) is 2. The van der Waals surface area contributed by atoms with E-state index in [2.05, 4.69) is 5.11 Å². The Labute approximate surface area is 197 Å². The van der Waals surface area contributed by atoms with Crippen molar-refractivity contribution in [3.63, 3.8) is 0 Å². The summed E-state index contributed by atoms with van der Waals surface area (Å²) >= 11 is 0. The number of carboxylic acids is 1. The van der Waals surface area contributed by atoms with Gasteiger partial charge in [0.2, 0.25) is 5.91 Å². The summed E-state index contributed by atoms with van der Waals surface area (Å²) < 4.78 is 0. The molecule has 1 fully saturated rings. The number of imide groups is 1. The molecule has 0 spiro atoms. The average molecular weight is 466 g/mol. The summed E-state index contributed by atoms with van der Waals surface area (Å²) in [7, 11) is 0. The minimum absolute atomic E-state index is 0.0985. The fraction of sp³-hybridized carbons (Fsp3) is 0.333. The van der Waals surface area contributed by atoms with Gasteiger partial charge in [-0.25, -0.2) is 15.3 Å². The number of carbonyl (C=O) groups is 4. The van der Waals surface area contributed by atoms with E-state index in [-0.39, 0.29) is 13.1 Å². The van der Waals surface area contributed by atoms with Crippen molar-refractivity contribution < 1.29 is 24.3 Å². The minimum Gasteiger partial charge on any atom is -0.481 e. The number of carboxylic acid groups (broad SMARTS) is 1. The monoisotopic (exact) mass is 465 g/mol. The highest BCUT2D eigenvalue weighted by molar-refractivity contribution is 6.08. The summed E-state index contributed by atoms with van der Waals surface area (Å²) in [6.45, 7) is 4.57. The van der Waals surface area contributed by atoms with Crippen LogP contribution in [0.25, 0.3) is 0 Å². The Balaban J connectivity index is 2.11. The lowest BCUT2D eigenvalue weighted by Gasteiger charge is -2.33. The smallest absolute Gasteiger partial charge is 0.347 e. The van der Waals surface area contributed by atoms with E-state index in [1.807, 2.05) is 30.3 Å². The number of hydrazine groups is 1. The lowest BCUT2D eigenvalue weighted by atomic mass is 9.89. The van der Waals surface area contributed by atoms with Crippen molar-refractivity contribution in [3.05, 3.63) is 71.3 Å². The Bertz CT molecular complexity index is 1100. The van der Waals surface area contributed by atoms with Gasteiger partial charge in [-0.2, -0.15) is 10.1 Å². The van der Waals surface area contributed by atoms with E-state index in [9.17, 15) is 24.3 Å². The zero-order valence-corrected chi connectivity index (χ0v) is 19.3. The van der Waals surface area contributed by atoms with Crippen molar-refractivity contribution in [2.45, 2.75) is 51.9 Å². The van der Waals surface area contributed by atoms with Crippen LogP contribution in [0.1, 0.15) is 43.9 Å². The number of aliphatic carboxylic acids is 1. The molecule has 1 heterocycles. The van der Waals surface area contributed by atoms with Gasteiger partial charge in [-0.1, -0.05) is 54.6 Å². The second-order valence-electron chi connectivity index (χ2n) is 8.37. The SMILES string of the molecule is CC(=O)N([C@H](C)CC(=O)O)N1C(=O)N(Cc2ccccc2)[C@](C)(c2ccc(CN=N)cc2)C1=O. The molecule has 178 valence electrons. The van der Waals surface area contributed by atoms with Crippen molar-refractivity contribution in [1.82, 2.24) is 14.9 Å². The zero-order chi connectivity index (χ0) is 25.0. The molecule has 34 heavy (non-hydrogen) atoms. The molecule has 2 aromatic carbocycles. The molecule has 1 aliphatic rings. The van der Waals surface area contributed by atoms with E-state index >= 15 is 0 Å². The minimum atomic E-state index is -1.46. The van der Waals surface area contributed by atoms with Gasteiger partial charge >= 0.3 is 12.0 Å². The fourth-order valence-electron chi connectivity index (χ4n) is 4.19. The predicted octanol–water partition coefficient (Wildman–Crippen LogP) is 3.52. The Morgan fingerprint density at radius 3 is 2.24 bits per heavy atom. The standard InChI is InChI=1S/C24H27N5O5/c1-16(13-21(31)32)28(17(2)30)29-22(33)24(3,20-11-9-18(10-12-20)14-26-25)27(23(29)34)15-19-7-5-4-6-8-19/h4-12,16,25H,13-15H2,1-3H3,(H,31,32)/t16-,24-/m1/s1. The van der Waals surface area contributed by atoms with Crippen LogP contribution in [0.3, 0.4) is 0 Å². The first-order valence-corrected chi connectivity index (χ1v) is 10.8. The molecule has 2 atom stereocenters. The second kappa shape index (κ2) is 9.82. The Morgan fingerprint density at radius 2 is 1.71 bits per heavy atom. The topological polar surface area (TPSA) is 134 Å². The summed E-state index contributed by atoms with van der Waals surface area (Å²) in [5.41, 5.74) is 7.67. The summed E-state index contributed by atoms with van der Waals surface area (Å²) in [6.07, 6.45) is -0.433. The molecule has 3 rings (SSSR count). The van der Waals surface area contributed by atoms with Crippen LogP contribution in [-0.4, -0.2) is 49.9 Å². The molecule has 0 bridgehead atoms. The Morgan fingerprint density at radius 1 is 1.09 bits per heavy atom. The summed E-state index contributed by atoms with van der Waals surface area (Å²) in [5, 5.41) is 14.3. The van der Waals surface area contributed by atoms with Gasteiger partial charge in [-0.3, -0.25) is 19.3 Å². The molecule has 10 heteroatoms.